The molecule has 2 heterocycles. The monoisotopic (exact) mass is 450 g/mol. The Bertz CT molecular complexity index is 1140. The molecule has 0 aliphatic carbocycles. The third kappa shape index (κ3) is 4.61. The molecule has 31 heavy (non-hydrogen) atoms. The van der Waals surface area contributed by atoms with Crippen molar-refractivity contribution >= 4 is 35.9 Å². The molecule has 1 N–H and O–H groups in total. The average molecular weight is 451 g/mol. The number of halogens is 4. The molecule has 1 aliphatic heterocycles. The minimum atomic E-state index is -4.51. The highest BCUT2D eigenvalue weighted by Crippen LogP contribution is 2.34. The van der Waals surface area contributed by atoms with E-state index in [1.165, 1.54) is 30.5 Å². The van der Waals surface area contributed by atoms with Crippen LogP contribution in [0.1, 0.15) is 38.1 Å². The van der Waals surface area contributed by atoms with Crippen LogP contribution in [0.3, 0.4) is 0 Å². The van der Waals surface area contributed by atoms with Gasteiger partial charge in [0.25, 0.3) is 6.29 Å². The summed E-state index contributed by atoms with van der Waals surface area (Å²) in [6.07, 6.45) is -4.36. The second-order valence-corrected chi connectivity index (χ2v) is 6.33. The Labute approximate surface area is 180 Å². The lowest BCUT2D eigenvalue weighted by molar-refractivity contribution is -0.137. The zero-order chi connectivity index (χ0) is 21.3. The number of rotatable bonds is 4. The van der Waals surface area contributed by atoms with Crippen molar-refractivity contribution in [3.8, 4) is 0 Å². The maximum atomic E-state index is 12.9. The summed E-state index contributed by atoms with van der Waals surface area (Å²) in [4.78, 5) is 28.6. The lowest BCUT2D eigenvalue weighted by Gasteiger charge is -2.15. The molecular weight excluding hydrogens is 437 g/mol. The predicted molar refractivity (Wildman–Crippen MR) is 106 cm³/mol. The number of benzene rings is 2. The predicted octanol–water partition coefficient (Wildman–Crippen LogP) is 5.29. The molecule has 1 unspecified atom stereocenters. The van der Waals surface area contributed by atoms with Gasteiger partial charge in [0.2, 0.25) is 0 Å². The minimum absolute atomic E-state index is 0. The summed E-state index contributed by atoms with van der Waals surface area (Å²) in [6, 6.07) is 13.8. The first-order valence-electron chi connectivity index (χ1n) is 8.73. The van der Waals surface area contributed by atoms with Crippen LogP contribution < -0.4 is 5.32 Å². The van der Waals surface area contributed by atoms with Gasteiger partial charge in [-0.25, -0.2) is 14.6 Å². The summed E-state index contributed by atoms with van der Waals surface area (Å²) < 4.78 is 49.2. The van der Waals surface area contributed by atoms with Crippen molar-refractivity contribution in [3.63, 3.8) is 0 Å². The van der Waals surface area contributed by atoms with Gasteiger partial charge in [-0.05, 0) is 36.4 Å². The molecule has 0 saturated carbocycles. The molecule has 10 heteroatoms. The van der Waals surface area contributed by atoms with Crippen LogP contribution in [0.4, 0.5) is 24.7 Å². The zero-order valence-electron chi connectivity index (χ0n) is 15.6. The number of nitrogens with zero attached hydrogens (tertiary/aromatic N) is 1. The number of hydrogen-bond acceptors (Lipinski definition) is 6. The van der Waals surface area contributed by atoms with Crippen molar-refractivity contribution in [1.29, 1.82) is 0 Å². The van der Waals surface area contributed by atoms with E-state index in [4.69, 9.17) is 9.47 Å². The first kappa shape index (κ1) is 22.1. The molecule has 0 spiro atoms. The Balaban J connectivity index is 0.00000272. The van der Waals surface area contributed by atoms with Crippen molar-refractivity contribution in [2.45, 2.75) is 12.5 Å². The van der Waals surface area contributed by atoms with E-state index in [2.05, 4.69) is 10.3 Å². The Hall–Kier alpha value is -3.59. The number of nitrogens with one attached hydrogen (secondary N) is 1. The Morgan fingerprint density at radius 3 is 2.61 bits per heavy atom. The number of aromatic nitrogens is 1. The van der Waals surface area contributed by atoms with Gasteiger partial charge >= 0.3 is 18.1 Å². The summed E-state index contributed by atoms with van der Waals surface area (Å²) in [6.45, 7) is 0. The minimum Gasteiger partial charge on any atom is -0.417 e. The number of hydrogen-bond donors (Lipinski definition) is 1. The normalized spacial score (nSPS) is 14.8. The lowest BCUT2D eigenvalue weighted by atomic mass is 10.1. The van der Waals surface area contributed by atoms with E-state index in [1.807, 2.05) is 0 Å². The first-order valence-corrected chi connectivity index (χ1v) is 8.73. The van der Waals surface area contributed by atoms with Crippen LogP contribution in [0, 0.1) is 0 Å². The van der Waals surface area contributed by atoms with Crippen LogP contribution in [0.5, 0.6) is 0 Å². The highest BCUT2D eigenvalue weighted by Gasteiger charge is 2.34. The standard InChI is InChI=1S/C21H13F3N2O4.ClH/c22-21(23,24)12-5-3-6-13(11-12)26-17-16(9-4-10-25-17)19(28)30-20-15-8-2-1-7-14(15)18(27)29-20;/h1-11,20H,(H,25,26);1H. The van der Waals surface area contributed by atoms with E-state index in [1.54, 1.807) is 24.3 Å². The van der Waals surface area contributed by atoms with Crippen LogP contribution in [0.2, 0.25) is 0 Å². The van der Waals surface area contributed by atoms with Crippen molar-refractivity contribution in [2.75, 3.05) is 5.32 Å². The second-order valence-electron chi connectivity index (χ2n) is 6.33. The van der Waals surface area contributed by atoms with Crippen LogP contribution in [-0.4, -0.2) is 16.9 Å². The second kappa shape index (κ2) is 8.65. The molecule has 3 aromatic rings. The third-order valence-corrected chi connectivity index (χ3v) is 4.34. The van der Waals surface area contributed by atoms with Gasteiger partial charge in [-0.3, -0.25) is 0 Å². The Kier molecular flexibility index (Phi) is 6.16. The van der Waals surface area contributed by atoms with E-state index < -0.39 is 30.0 Å². The zero-order valence-corrected chi connectivity index (χ0v) is 16.4. The van der Waals surface area contributed by atoms with Crippen molar-refractivity contribution in [1.82, 2.24) is 4.98 Å². The molecule has 1 aliphatic rings. The number of pyridine rings is 1. The first-order chi connectivity index (χ1) is 14.3. The van der Waals surface area contributed by atoms with E-state index >= 15 is 0 Å². The number of alkyl halides is 3. The summed E-state index contributed by atoms with van der Waals surface area (Å²) in [7, 11) is 0. The molecule has 0 amide bonds. The lowest BCUT2D eigenvalue weighted by Crippen LogP contribution is -2.14. The van der Waals surface area contributed by atoms with Crippen molar-refractivity contribution in [3.05, 3.63) is 89.1 Å². The van der Waals surface area contributed by atoms with Gasteiger partial charge in [0.1, 0.15) is 11.4 Å². The van der Waals surface area contributed by atoms with Gasteiger partial charge in [0, 0.05) is 17.4 Å². The van der Waals surface area contributed by atoms with Gasteiger partial charge in [-0.1, -0.05) is 24.3 Å². The molecule has 1 aromatic heterocycles. The molecule has 2 aromatic carbocycles. The quantitative estimate of drug-likeness (QED) is 0.544. The van der Waals surface area contributed by atoms with Crippen molar-refractivity contribution in [2.24, 2.45) is 0 Å². The highest BCUT2D eigenvalue weighted by atomic mass is 35.5. The molecule has 6 nitrogen and oxygen atoms in total. The molecule has 0 fully saturated rings. The topological polar surface area (TPSA) is 77.5 Å². The molecule has 0 radical (unpaired) electrons. The summed E-state index contributed by atoms with van der Waals surface area (Å²) in [5.74, 6) is -1.47. The Morgan fingerprint density at radius 2 is 1.84 bits per heavy atom. The maximum absolute atomic E-state index is 12.9. The molecule has 0 saturated heterocycles. The van der Waals surface area contributed by atoms with Gasteiger partial charge in [0.15, 0.2) is 0 Å². The summed E-state index contributed by atoms with van der Waals surface area (Å²) in [5.41, 5.74) is -0.0801. The van der Waals surface area contributed by atoms with Crippen LogP contribution in [0.25, 0.3) is 0 Å². The van der Waals surface area contributed by atoms with E-state index in [0.717, 1.165) is 12.1 Å². The van der Waals surface area contributed by atoms with Gasteiger partial charge in [0.05, 0.1) is 11.1 Å². The SMILES string of the molecule is Cl.O=C1OC(OC(=O)c2cccnc2Nc2cccc(C(F)(F)F)c2)c2ccccc21. The van der Waals surface area contributed by atoms with E-state index in [9.17, 15) is 22.8 Å². The fourth-order valence-electron chi connectivity index (χ4n) is 2.94. The number of carbonyl (C=O) groups is 2. The largest absolute Gasteiger partial charge is 0.417 e. The molecule has 160 valence electrons. The van der Waals surface area contributed by atoms with Crippen LogP contribution in [0.15, 0.2) is 66.9 Å². The van der Waals surface area contributed by atoms with E-state index in [0.29, 0.717) is 11.1 Å². The number of anilines is 2. The fraction of sp³-hybridized carbons (Fsp3) is 0.0952. The van der Waals surface area contributed by atoms with Gasteiger partial charge in [-0.15, -0.1) is 12.4 Å². The number of cyclic esters (lactones) is 1. The Morgan fingerprint density at radius 1 is 1.06 bits per heavy atom. The average Bonchev–Trinajstić information content (AvgIpc) is 3.04. The number of ether oxygens (including phenoxy) is 2. The number of fused-ring (bicyclic) bond motifs is 1. The third-order valence-electron chi connectivity index (χ3n) is 4.34. The number of carbonyl (C=O) groups excluding carboxylic acids is 2. The van der Waals surface area contributed by atoms with Gasteiger partial charge < -0.3 is 14.8 Å². The fourth-order valence-corrected chi connectivity index (χ4v) is 2.94. The van der Waals surface area contributed by atoms with Gasteiger partial charge in [-0.2, -0.15) is 13.2 Å². The molecule has 4 rings (SSSR count). The van der Waals surface area contributed by atoms with Crippen LogP contribution in [-0.2, 0) is 15.7 Å². The van der Waals surface area contributed by atoms with Crippen molar-refractivity contribution < 1.29 is 32.2 Å². The highest BCUT2D eigenvalue weighted by molar-refractivity contribution is 5.97. The smallest absolute Gasteiger partial charge is 0.416 e. The summed E-state index contributed by atoms with van der Waals surface area (Å²) in [5, 5.41) is 2.70. The summed E-state index contributed by atoms with van der Waals surface area (Å²) >= 11 is 0. The van der Waals surface area contributed by atoms with Crippen LogP contribution >= 0.6 is 12.4 Å². The molecule has 1 atom stereocenters. The maximum Gasteiger partial charge on any atom is 0.416 e. The molecular formula is C21H14ClF3N2O4. The molecule has 0 bridgehead atoms. The van der Waals surface area contributed by atoms with E-state index in [-0.39, 0.29) is 29.5 Å². The number of esters is 2.